The highest BCUT2D eigenvalue weighted by molar-refractivity contribution is 5.21. The van der Waals surface area contributed by atoms with Crippen molar-refractivity contribution >= 4 is 0 Å². The molecule has 32 heavy (non-hydrogen) atoms. The molecule has 0 aromatic rings. The Labute approximate surface area is 196 Å². The smallest absolute Gasteiger partial charge is 0.0753 e. The number of hydrogen-bond acceptors (Lipinski definition) is 3. The van der Waals surface area contributed by atoms with Crippen LogP contribution in [0.1, 0.15) is 91.9 Å². The fraction of sp³-hybridized carbons (Fsp3) is 0.931. The molecule has 5 aliphatic rings. The van der Waals surface area contributed by atoms with Crippen LogP contribution in [-0.2, 0) is 0 Å². The maximum Gasteiger partial charge on any atom is 0.0753 e. The van der Waals surface area contributed by atoms with Gasteiger partial charge in [-0.15, -0.1) is 0 Å². The van der Waals surface area contributed by atoms with Gasteiger partial charge in [-0.2, -0.15) is 0 Å². The van der Waals surface area contributed by atoms with E-state index in [0.717, 1.165) is 55.9 Å². The molecule has 182 valence electrons. The predicted octanol–water partition coefficient (Wildman–Crippen LogP) is 5.58. The molecule has 0 amide bonds. The van der Waals surface area contributed by atoms with Crippen LogP contribution < -0.4 is 0 Å². The second kappa shape index (κ2) is 8.09. The Hall–Kier alpha value is -0.380. The van der Waals surface area contributed by atoms with Crippen molar-refractivity contribution < 1.29 is 15.3 Å². The lowest BCUT2D eigenvalue weighted by atomic mass is 9.44. The lowest BCUT2D eigenvalue weighted by Crippen LogP contribution is -2.58. The molecule has 0 bridgehead atoms. The second-order valence-corrected chi connectivity index (χ2v) is 13.5. The van der Waals surface area contributed by atoms with E-state index in [-0.39, 0.29) is 29.0 Å². The van der Waals surface area contributed by atoms with Crippen molar-refractivity contribution in [3.8, 4) is 0 Å². The van der Waals surface area contributed by atoms with Crippen LogP contribution in [0.2, 0.25) is 0 Å². The summed E-state index contributed by atoms with van der Waals surface area (Å²) >= 11 is 0. The number of fused-ring (bicyclic) bond motifs is 5. The van der Waals surface area contributed by atoms with Gasteiger partial charge in [0.25, 0.3) is 0 Å². The van der Waals surface area contributed by atoms with Gasteiger partial charge in [-0.05, 0) is 123 Å². The van der Waals surface area contributed by atoms with E-state index in [1.807, 2.05) is 0 Å². The second-order valence-electron chi connectivity index (χ2n) is 13.5. The lowest BCUT2D eigenvalue weighted by Gasteiger charge is -2.62. The molecule has 0 saturated heterocycles. The van der Waals surface area contributed by atoms with E-state index in [4.69, 9.17) is 0 Å². The van der Waals surface area contributed by atoms with Crippen molar-refractivity contribution in [1.82, 2.24) is 0 Å². The highest BCUT2D eigenvalue weighted by Crippen LogP contribution is 2.68. The van der Waals surface area contributed by atoms with E-state index < -0.39 is 6.10 Å². The molecule has 3 heteroatoms. The molecule has 3 nitrogen and oxygen atoms in total. The van der Waals surface area contributed by atoms with E-state index >= 15 is 0 Å². The molecule has 3 N–H and O–H groups in total. The molecule has 13 atom stereocenters. The van der Waals surface area contributed by atoms with Crippen molar-refractivity contribution in [2.24, 2.45) is 58.2 Å². The van der Waals surface area contributed by atoms with Gasteiger partial charge >= 0.3 is 0 Å². The van der Waals surface area contributed by atoms with Crippen LogP contribution in [0, 0.1) is 58.2 Å². The summed E-state index contributed by atoms with van der Waals surface area (Å²) < 4.78 is 0. The molecule has 0 spiro atoms. The normalized spacial score (nSPS) is 54.2. The fourth-order valence-electron chi connectivity index (χ4n) is 9.86. The van der Waals surface area contributed by atoms with Gasteiger partial charge in [-0.3, -0.25) is 0 Å². The lowest BCUT2D eigenvalue weighted by molar-refractivity contribution is -0.168. The van der Waals surface area contributed by atoms with Crippen LogP contribution >= 0.6 is 0 Å². The van der Waals surface area contributed by atoms with Crippen LogP contribution in [0.3, 0.4) is 0 Å². The van der Waals surface area contributed by atoms with Crippen molar-refractivity contribution in [1.29, 1.82) is 0 Å². The Bertz CT molecular complexity index is 734. The third-order valence-corrected chi connectivity index (χ3v) is 12.1. The third kappa shape index (κ3) is 3.47. The summed E-state index contributed by atoms with van der Waals surface area (Å²) in [4.78, 5) is 0. The minimum absolute atomic E-state index is 0.120. The number of aliphatic hydroxyl groups excluding tert-OH is 3. The van der Waals surface area contributed by atoms with Gasteiger partial charge in [0.1, 0.15) is 0 Å². The van der Waals surface area contributed by atoms with Crippen molar-refractivity contribution in [2.45, 2.75) is 110 Å². The van der Waals surface area contributed by atoms with Crippen LogP contribution in [0.15, 0.2) is 12.2 Å². The molecule has 0 aromatic heterocycles. The minimum atomic E-state index is -0.434. The third-order valence-electron chi connectivity index (χ3n) is 12.1. The van der Waals surface area contributed by atoms with Gasteiger partial charge in [0.05, 0.1) is 18.3 Å². The molecule has 5 saturated carbocycles. The molecular weight excluding hydrogens is 396 g/mol. The molecule has 5 fully saturated rings. The Morgan fingerprint density at radius 2 is 1.72 bits per heavy atom. The highest BCUT2D eigenvalue weighted by Gasteiger charge is 2.63. The predicted molar refractivity (Wildman–Crippen MR) is 129 cm³/mol. The maximum absolute atomic E-state index is 11.7. The molecule has 0 aliphatic heterocycles. The average Bonchev–Trinajstić information content (AvgIpc) is 3.37. The van der Waals surface area contributed by atoms with Crippen molar-refractivity contribution in [3.05, 3.63) is 12.2 Å². The standard InChI is InChI=1S/C29H48O3/c1-16-12-22(16)17(2)13-26(31)18(3)23-8-9-24-21-7-6-19-14-20(30)10-11-28(19,4)25(21)15-27(32)29(23,24)5/h16-17,19-27,30-32H,3,6-15H2,1-2,4-5H3/t16-,17-,19+,20+,21+,22-,23-,24+,25+,26-,27-,28+,29-/m1/s1. The van der Waals surface area contributed by atoms with E-state index in [0.29, 0.717) is 29.6 Å². The van der Waals surface area contributed by atoms with E-state index in [2.05, 4.69) is 34.3 Å². The van der Waals surface area contributed by atoms with Crippen molar-refractivity contribution in [2.75, 3.05) is 0 Å². The number of aliphatic hydroxyl groups is 3. The first-order valence-corrected chi connectivity index (χ1v) is 13.8. The fourth-order valence-corrected chi connectivity index (χ4v) is 9.86. The summed E-state index contributed by atoms with van der Waals surface area (Å²) in [6, 6.07) is 0. The number of rotatable bonds is 5. The zero-order valence-electron chi connectivity index (χ0n) is 21.0. The molecule has 0 unspecified atom stereocenters. The largest absolute Gasteiger partial charge is 0.393 e. The molecule has 5 rings (SSSR count). The van der Waals surface area contributed by atoms with Crippen LogP contribution in [-0.4, -0.2) is 33.6 Å². The summed E-state index contributed by atoms with van der Waals surface area (Å²) in [5, 5.41) is 33.1. The Morgan fingerprint density at radius 1 is 1.00 bits per heavy atom. The summed E-state index contributed by atoms with van der Waals surface area (Å²) in [5.41, 5.74) is 1.13. The van der Waals surface area contributed by atoms with Gasteiger partial charge in [-0.25, -0.2) is 0 Å². The summed E-state index contributed by atoms with van der Waals surface area (Å²) in [6.45, 7) is 13.9. The summed E-state index contributed by atoms with van der Waals surface area (Å²) in [6.07, 6.45) is 9.91. The zero-order valence-corrected chi connectivity index (χ0v) is 21.0. The quantitative estimate of drug-likeness (QED) is 0.485. The molecule has 0 heterocycles. The molecular formula is C29H48O3. The van der Waals surface area contributed by atoms with Crippen LogP contribution in [0.25, 0.3) is 0 Å². The molecule has 0 radical (unpaired) electrons. The van der Waals surface area contributed by atoms with Gasteiger partial charge < -0.3 is 15.3 Å². The topological polar surface area (TPSA) is 60.7 Å². The zero-order chi connectivity index (χ0) is 23.0. The van der Waals surface area contributed by atoms with E-state index in [1.54, 1.807) is 0 Å². The first-order valence-electron chi connectivity index (χ1n) is 13.8. The minimum Gasteiger partial charge on any atom is -0.393 e. The Balaban J connectivity index is 1.33. The average molecular weight is 445 g/mol. The molecule has 5 aliphatic carbocycles. The monoisotopic (exact) mass is 444 g/mol. The van der Waals surface area contributed by atoms with Crippen molar-refractivity contribution in [3.63, 3.8) is 0 Å². The Kier molecular flexibility index (Phi) is 5.91. The van der Waals surface area contributed by atoms with Crippen LogP contribution in [0.5, 0.6) is 0 Å². The first-order chi connectivity index (χ1) is 15.1. The van der Waals surface area contributed by atoms with Gasteiger partial charge in [-0.1, -0.05) is 34.3 Å². The Morgan fingerprint density at radius 3 is 2.41 bits per heavy atom. The van der Waals surface area contributed by atoms with Gasteiger partial charge in [0.15, 0.2) is 0 Å². The van der Waals surface area contributed by atoms with Gasteiger partial charge in [0.2, 0.25) is 0 Å². The SMILES string of the molecule is C=C([C@H](O)C[C@@H](C)[C@@H]1C[C@H]1C)[C@H]1CC[C@H]2[C@@H]3CC[C@H]4C[C@@H](O)CC[C@]4(C)[C@H]3C[C@@H](O)[C@]12C. The molecule has 0 aromatic carbocycles. The van der Waals surface area contributed by atoms with E-state index in [1.165, 1.54) is 25.7 Å². The van der Waals surface area contributed by atoms with Crippen LogP contribution in [0.4, 0.5) is 0 Å². The van der Waals surface area contributed by atoms with Gasteiger partial charge in [0, 0.05) is 5.41 Å². The first kappa shape index (κ1) is 23.4. The maximum atomic E-state index is 11.7. The summed E-state index contributed by atoms with van der Waals surface area (Å²) in [7, 11) is 0. The number of hydrogen-bond donors (Lipinski definition) is 3. The highest BCUT2D eigenvalue weighted by atomic mass is 16.3. The van der Waals surface area contributed by atoms with E-state index in [9.17, 15) is 15.3 Å². The summed E-state index contributed by atoms with van der Waals surface area (Å²) in [5.74, 6) is 4.79.